The zero-order valence-corrected chi connectivity index (χ0v) is 18.3. The lowest BCUT2D eigenvalue weighted by molar-refractivity contribution is 0.233. The molecule has 0 unspecified atom stereocenters. The van der Waals surface area contributed by atoms with E-state index >= 15 is 0 Å². The van der Waals surface area contributed by atoms with Crippen LogP contribution in [0.1, 0.15) is 38.2 Å². The van der Waals surface area contributed by atoms with Crippen molar-refractivity contribution < 1.29 is 0 Å². The van der Waals surface area contributed by atoms with E-state index in [2.05, 4.69) is 50.3 Å². The Bertz CT molecular complexity index is 741. The molecule has 2 aliphatic rings. The van der Waals surface area contributed by atoms with E-state index in [4.69, 9.17) is 0 Å². The van der Waals surface area contributed by atoms with Crippen molar-refractivity contribution in [2.24, 2.45) is 11.8 Å². The van der Waals surface area contributed by atoms with Crippen LogP contribution < -0.4 is 14.7 Å². The molecule has 1 aromatic carbocycles. The zero-order valence-electron chi connectivity index (χ0n) is 17.5. The van der Waals surface area contributed by atoms with E-state index in [9.17, 15) is 0 Å². The first-order valence-electron chi connectivity index (χ1n) is 10.7. The van der Waals surface area contributed by atoms with E-state index in [1.807, 2.05) is 19.0 Å². The maximum Gasteiger partial charge on any atom is 0.238 e. The number of benzene rings is 1. The molecule has 0 saturated carbocycles. The van der Waals surface area contributed by atoms with Crippen LogP contribution in [0.5, 0.6) is 0 Å². The summed E-state index contributed by atoms with van der Waals surface area (Å²) < 4.78 is 4.46. The van der Waals surface area contributed by atoms with Gasteiger partial charge in [-0.3, -0.25) is 0 Å². The van der Waals surface area contributed by atoms with E-state index < -0.39 is 0 Å². The number of anilines is 3. The highest BCUT2D eigenvalue weighted by atomic mass is 32.1. The van der Waals surface area contributed by atoms with Crippen LogP contribution in [-0.2, 0) is 6.42 Å². The Balaban J connectivity index is 1.26. The van der Waals surface area contributed by atoms with Gasteiger partial charge < -0.3 is 14.7 Å². The topological polar surface area (TPSA) is 35.5 Å². The summed E-state index contributed by atoms with van der Waals surface area (Å²) in [5, 5.41) is 1.09. The number of rotatable bonds is 5. The average molecular weight is 400 g/mol. The fourth-order valence-corrected chi connectivity index (χ4v) is 5.44. The number of aromatic nitrogens is 2. The molecule has 2 aromatic rings. The third-order valence-corrected chi connectivity index (χ3v) is 7.30. The smallest absolute Gasteiger partial charge is 0.238 e. The molecule has 0 aliphatic carbocycles. The van der Waals surface area contributed by atoms with Crippen molar-refractivity contribution in [2.45, 2.75) is 39.0 Å². The van der Waals surface area contributed by atoms with Gasteiger partial charge in [0.05, 0.1) is 0 Å². The summed E-state index contributed by atoms with van der Waals surface area (Å²) >= 11 is 1.54. The lowest BCUT2D eigenvalue weighted by Crippen LogP contribution is -2.41. The molecular weight excluding hydrogens is 366 g/mol. The van der Waals surface area contributed by atoms with E-state index in [0.717, 1.165) is 42.4 Å². The molecule has 0 radical (unpaired) electrons. The SMILES string of the molecule is CCc1ccc(N2CCC(C3CCN(c4nc(N(C)C)ns4)CC3)CC2)cc1. The Kier molecular flexibility index (Phi) is 6.04. The van der Waals surface area contributed by atoms with Gasteiger partial charge in [0.1, 0.15) is 0 Å². The normalized spacial score (nSPS) is 19.2. The Morgan fingerprint density at radius 2 is 1.50 bits per heavy atom. The first-order valence-corrected chi connectivity index (χ1v) is 11.5. The minimum absolute atomic E-state index is 0.835. The lowest BCUT2D eigenvalue weighted by atomic mass is 9.79. The van der Waals surface area contributed by atoms with E-state index in [-0.39, 0.29) is 0 Å². The van der Waals surface area contributed by atoms with Gasteiger partial charge in [0, 0.05) is 57.5 Å². The van der Waals surface area contributed by atoms with E-state index in [1.54, 1.807) is 0 Å². The van der Waals surface area contributed by atoms with Crippen molar-refractivity contribution in [1.29, 1.82) is 0 Å². The molecule has 28 heavy (non-hydrogen) atoms. The first kappa shape index (κ1) is 19.5. The molecule has 5 nitrogen and oxygen atoms in total. The molecule has 4 rings (SSSR count). The minimum atomic E-state index is 0.835. The third kappa shape index (κ3) is 4.27. The van der Waals surface area contributed by atoms with Crippen LogP contribution in [-0.4, -0.2) is 49.6 Å². The predicted molar refractivity (Wildman–Crippen MR) is 120 cm³/mol. The largest absolute Gasteiger partial charge is 0.372 e. The summed E-state index contributed by atoms with van der Waals surface area (Å²) in [7, 11) is 4.01. The fraction of sp³-hybridized carbons (Fsp3) is 0.636. The molecule has 3 heterocycles. The maximum absolute atomic E-state index is 4.68. The summed E-state index contributed by atoms with van der Waals surface area (Å²) in [5.41, 5.74) is 2.83. The fourth-order valence-electron chi connectivity index (χ4n) is 4.65. The lowest BCUT2D eigenvalue weighted by Gasteiger charge is -2.40. The number of aryl methyl sites for hydroxylation is 1. The van der Waals surface area contributed by atoms with Crippen molar-refractivity contribution >= 4 is 28.3 Å². The van der Waals surface area contributed by atoms with Gasteiger partial charge in [-0.2, -0.15) is 9.36 Å². The highest BCUT2D eigenvalue weighted by Gasteiger charge is 2.30. The predicted octanol–water partition coefficient (Wildman–Crippen LogP) is 4.30. The highest BCUT2D eigenvalue weighted by molar-refractivity contribution is 7.09. The van der Waals surface area contributed by atoms with Crippen LogP contribution >= 0.6 is 11.5 Å². The van der Waals surface area contributed by atoms with E-state index in [0.29, 0.717) is 0 Å². The van der Waals surface area contributed by atoms with Crippen LogP contribution in [0.2, 0.25) is 0 Å². The summed E-state index contributed by atoms with van der Waals surface area (Å²) in [6, 6.07) is 9.18. The Labute approximate surface area is 173 Å². The first-order chi connectivity index (χ1) is 13.6. The second kappa shape index (κ2) is 8.68. The molecule has 2 saturated heterocycles. The van der Waals surface area contributed by atoms with Crippen LogP contribution in [0, 0.1) is 11.8 Å². The molecule has 0 atom stereocenters. The van der Waals surface area contributed by atoms with Gasteiger partial charge in [0.15, 0.2) is 0 Å². The molecule has 6 heteroatoms. The second-order valence-corrected chi connectivity index (χ2v) is 9.17. The van der Waals surface area contributed by atoms with Crippen molar-refractivity contribution in [3.05, 3.63) is 29.8 Å². The van der Waals surface area contributed by atoms with Gasteiger partial charge in [-0.15, -0.1) is 0 Å². The second-order valence-electron chi connectivity index (χ2n) is 8.44. The highest BCUT2D eigenvalue weighted by Crippen LogP contribution is 2.35. The van der Waals surface area contributed by atoms with Gasteiger partial charge in [-0.1, -0.05) is 19.1 Å². The molecule has 0 spiro atoms. The molecule has 2 aliphatic heterocycles. The van der Waals surface area contributed by atoms with Gasteiger partial charge in [-0.25, -0.2) is 0 Å². The average Bonchev–Trinajstić information content (AvgIpc) is 3.25. The van der Waals surface area contributed by atoms with Crippen LogP contribution in [0.4, 0.5) is 16.8 Å². The van der Waals surface area contributed by atoms with Crippen molar-refractivity contribution in [1.82, 2.24) is 9.36 Å². The maximum atomic E-state index is 4.68. The molecule has 0 amide bonds. The van der Waals surface area contributed by atoms with Gasteiger partial charge in [-0.05, 0) is 61.6 Å². The van der Waals surface area contributed by atoms with Gasteiger partial charge in [0.2, 0.25) is 11.1 Å². The third-order valence-electron chi connectivity index (χ3n) is 6.53. The monoisotopic (exact) mass is 399 g/mol. The summed E-state index contributed by atoms with van der Waals surface area (Å²) in [5.74, 6) is 2.60. The number of hydrogen-bond donors (Lipinski definition) is 0. The van der Waals surface area contributed by atoms with Crippen molar-refractivity contribution in [2.75, 3.05) is 55.0 Å². The van der Waals surface area contributed by atoms with Crippen molar-refractivity contribution in [3.63, 3.8) is 0 Å². The Morgan fingerprint density at radius 3 is 2.00 bits per heavy atom. The van der Waals surface area contributed by atoms with Crippen molar-refractivity contribution in [3.8, 4) is 0 Å². The number of nitrogens with zero attached hydrogens (tertiary/aromatic N) is 5. The molecular formula is C22H33N5S. The van der Waals surface area contributed by atoms with E-state index in [1.165, 1.54) is 61.6 Å². The van der Waals surface area contributed by atoms with Gasteiger partial charge >= 0.3 is 0 Å². The molecule has 1 aromatic heterocycles. The van der Waals surface area contributed by atoms with Crippen LogP contribution in [0.3, 0.4) is 0 Å². The quantitative estimate of drug-likeness (QED) is 0.749. The summed E-state index contributed by atoms with van der Waals surface area (Å²) in [4.78, 5) is 11.7. The van der Waals surface area contributed by atoms with Gasteiger partial charge in [0.25, 0.3) is 0 Å². The zero-order chi connectivity index (χ0) is 19.5. The number of piperidine rings is 2. The number of hydrogen-bond acceptors (Lipinski definition) is 6. The van der Waals surface area contributed by atoms with Crippen LogP contribution in [0.15, 0.2) is 24.3 Å². The summed E-state index contributed by atoms with van der Waals surface area (Å²) in [6.45, 7) is 6.90. The summed E-state index contributed by atoms with van der Waals surface area (Å²) in [6.07, 6.45) is 6.39. The van der Waals surface area contributed by atoms with Crippen LogP contribution in [0.25, 0.3) is 0 Å². The molecule has 0 bridgehead atoms. The standard InChI is InChI=1S/C22H33N5S/c1-4-17-5-7-20(8-6-17)26-13-9-18(10-14-26)19-11-15-27(16-12-19)22-23-21(24-28-22)25(2)3/h5-8,18-19H,4,9-16H2,1-3H3. The Hall–Kier alpha value is -1.82. The minimum Gasteiger partial charge on any atom is -0.372 e. The Morgan fingerprint density at radius 1 is 0.929 bits per heavy atom. The molecule has 2 fully saturated rings. The molecule has 0 N–H and O–H groups in total. The molecule has 152 valence electrons.